The molecule has 0 bridgehead atoms. The van der Waals surface area contributed by atoms with Gasteiger partial charge in [-0.2, -0.15) is 0 Å². The summed E-state index contributed by atoms with van der Waals surface area (Å²) in [5.41, 5.74) is 2.14. The molecule has 6 nitrogen and oxygen atoms in total. The van der Waals surface area contributed by atoms with Crippen molar-refractivity contribution in [3.8, 4) is 11.5 Å². The van der Waals surface area contributed by atoms with Crippen LogP contribution in [0.5, 0.6) is 11.5 Å². The maximum atomic E-state index is 11.9. The minimum Gasteiger partial charge on any atom is -0.496 e. The number of ether oxygens (including phenoxy) is 3. The van der Waals surface area contributed by atoms with Crippen LogP contribution >= 0.6 is 0 Å². The Morgan fingerprint density at radius 1 is 1.00 bits per heavy atom. The lowest BCUT2D eigenvalue weighted by molar-refractivity contribution is -0.149. The van der Waals surface area contributed by atoms with Gasteiger partial charge in [-0.3, -0.25) is 9.59 Å². The van der Waals surface area contributed by atoms with Crippen molar-refractivity contribution in [1.29, 1.82) is 0 Å². The number of rotatable bonds is 9. The monoisotopic (exact) mass is 399 g/mol. The fraction of sp³-hybridized carbons (Fsp3) is 0.391. The molecule has 0 aliphatic carbocycles. The Balaban J connectivity index is 1.66. The minimum atomic E-state index is -0.483. The summed E-state index contributed by atoms with van der Waals surface area (Å²) in [6.07, 6.45) is 0.0702. The lowest BCUT2D eigenvalue weighted by Gasteiger charge is -2.19. The highest BCUT2D eigenvalue weighted by Gasteiger charge is 2.13. The van der Waals surface area contributed by atoms with E-state index in [1.807, 2.05) is 48.5 Å². The van der Waals surface area contributed by atoms with Crippen molar-refractivity contribution < 1.29 is 23.8 Å². The standard InChI is InChI=1S/C23H29NO5/c1-23(2,3)18-9-11-19(12-10-18)28-14-13-22(26)29-16-21(25)24-15-17-7-5-6-8-20(17)27-4/h5-12H,13-16H2,1-4H3,(H,24,25). The van der Waals surface area contributed by atoms with E-state index >= 15 is 0 Å². The number of carbonyl (C=O) groups excluding carboxylic acids is 2. The summed E-state index contributed by atoms with van der Waals surface area (Å²) in [7, 11) is 1.57. The second-order valence-corrected chi connectivity index (χ2v) is 7.62. The predicted molar refractivity (Wildman–Crippen MR) is 111 cm³/mol. The minimum absolute atomic E-state index is 0.0702. The molecule has 0 aliphatic heterocycles. The molecule has 2 aromatic rings. The first-order chi connectivity index (χ1) is 13.8. The Hall–Kier alpha value is -3.02. The molecule has 0 atom stereocenters. The number of hydrogen-bond acceptors (Lipinski definition) is 5. The van der Waals surface area contributed by atoms with Crippen molar-refractivity contribution >= 4 is 11.9 Å². The van der Waals surface area contributed by atoms with Gasteiger partial charge in [0.1, 0.15) is 11.5 Å². The van der Waals surface area contributed by atoms with E-state index < -0.39 is 5.97 Å². The Morgan fingerprint density at radius 2 is 1.69 bits per heavy atom. The first-order valence-electron chi connectivity index (χ1n) is 9.57. The molecular weight excluding hydrogens is 370 g/mol. The fourth-order valence-electron chi connectivity index (χ4n) is 2.62. The van der Waals surface area contributed by atoms with Crippen LogP contribution in [0.25, 0.3) is 0 Å². The Kier molecular flexibility index (Phi) is 8.07. The van der Waals surface area contributed by atoms with Crippen molar-refractivity contribution in [3.05, 3.63) is 59.7 Å². The quantitative estimate of drug-likeness (QED) is 0.652. The molecule has 0 saturated carbocycles. The summed E-state index contributed by atoms with van der Waals surface area (Å²) in [6.45, 7) is 6.60. The molecule has 0 radical (unpaired) electrons. The normalized spacial score (nSPS) is 10.9. The molecule has 156 valence electrons. The van der Waals surface area contributed by atoms with Crippen LogP contribution in [-0.4, -0.2) is 32.2 Å². The fourth-order valence-corrected chi connectivity index (χ4v) is 2.62. The van der Waals surface area contributed by atoms with Crippen molar-refractivity contribution in [2.24, 2.45) is 0 Å². The largest absolute Gasteiger partial charge is 0.496 e. The van der Waals surface area contributed by atoms with E-state index in [1.165, 1.54) is 5.56 Å². The van der Waals surface area contributed by atoms with Gasteiger partial charge < -0.3 is 19.5 Å². The average molecular weight is 399 g/mol. The van der Waals surface area contributed by atoms with Gasteiger partial charge in [0.05, 0.1) is 20.1 Å². The smallest absolute Gasteiger partial charge is 0.309 e. The topological polar surface area (TPSA) is 73.9 Å². The van der Waals surface area contributed by atoms with Crippen LogP contribution in [0.1, 0.15) is 38.3 Å². The van der Waals surface area contributed by atoms with Crippen LogP contribution in [0, 0.1) is 0 Å². The van der Waals surface area contributed by atoms with Gasteiger partial charge in [0, 0.05) is 12.1 Å². The summed E-state index contributed by atoms with van der Waals surface area (Å²) in [5.74, 6) is 0.532. The molecule has 0 aliphatic rings. The molecule has 1 N–H and O–H groups in total. The van der Waals surface area contributed by atoms with Crippen LogP contribution in [0.3, 0.4) is 0 Å². The van der Waals surface area contributed by atoms with Gasteiger partial charge in [-0.05, 0) is 29.2 Å². The molecule has 6 heteroatoms. The van der Waals surface area contributed by atoms with Gasteiger partial charge in [0.15, 0.2) is 6.61 Å². The van der Waals surface area contributed by atoms with Crippen LogP contribution in [0.15, 0.2) is 48.5 Å². The summed E-state index contributed by atoms with van der Waals surface area (Å²) in [4.78, 5) is 23.7. The number of carbonyl (C=O) groups is 2. The molecule has 0 aromatic heterocycles. The zero-order valence-corrected chi connectivity index (χ0v) is 17.5. The Bertz CT molecular complexity index is 809. The van der Waals surface area contributed by atoms with E-state index in [1.54, 1.807) is 7.11 Å². The van der Waals surface area contributed by atoms with Crippen LogP contribution in [0.4, 0.5) is 0 Å². The van der Waals surface area contributed by atoms with Crippen LogP contribution in [-0.2, 0) is 26.3 Å². The third-order valence-corrected chi connectivity index (χ3v) is 4.33. The number of nitrogens with one attached hydrogen (secondary N) is 1. The van der Waals surface area contributed by atoms with Crippen molar-refractivity contribution in [3.63, 3.8) is 0 Å². The SMILES string of the molecule is COc1ccccc1CNC(=O)COC(=O)CCOc1ccc(C(C)(C)C)cc1. The lowest BCUT2D eigenvalue weighted by atomic mass is 9.87. The molecule has 0 saturated heterocycles. The first kappa shape index (κ1) is 22.3. The summed E-state index contributed by atoms with van der Waals surface area (Å²) in [6, 6.07) is 15.2. The maximum absolute atomic E-state index is 11.9. The van der Waals surface area contributed by atoms with Gasteiger partial charge in [0.25, 0.3) is 5.91 Å². The van der Waals surface area contributed by atoms with Crippen LogP contribution < -0.4 is 14.8 Å². The van der Waals surface area contributed by atoms with Gasteiger partial charge in [0.2, 0.25) is 0 Å². The highest BCUT2D eigenvalue weighted by atomic mass is 16.5. The van der Waals surface area contributed by atoms with E-state index in [-0.39, 0.29) is 31.0 Å². The highest BCUT2D eigenvalue weighted by molar-refractivity contribution is 5.80. The Labute approximate surface area is 172 Å². The molecule has 0 spiro atoms. The zero-order valence-electron chi connectivity index (χ0n) is 17.5. The van der Waals surface area contributed by atoms with Gasteiger partial charge in [-0.1, -0.05) is 51.1 Å². The number of methoxy groups -OCH3 is 1. The molecule has 29 heavy (non-hydrogen) atoms. The number of benzene rings is 2. The summed E-state index contributed by atoms with van der Waals surface area (Å²) < 4.78 is 15.8. The first-order valence-corrected chi connectivity index (χ1v) is 9.57. The van der Waals surface area contributed by atoms with Crippen LogP contribution in [0.2, 0.25) is 0 Å². The number of para-hydroxylation sites is 1. The molecular formula is C23H29NO5. The van der Waals surface area contributed by atoms with E-state index in [2.05, 4.69) is 26.1 Å². The van der Waals surface area contributed by atoms with Crippen molar-refractivity contribution in [2.75, 3.05) is 20.3 Å². The van der Waals surface area contributed by atoms with Crippen molar-refractivity contribution in [1.82, 2.24) is 5.32 Å². The van der Waals surface area contributed by atoms with Crippen molar-refractivity contribution in [2.45, 2.75) is 39.2 Å². The van der Waals surface area contributed by atoms with Gasteiger partial charge in [-0.15, -0.1) is 0 Å². The number of esters is 1. The third kappa shape index (κ3) is 7.49. The molecule has 0 heterocycles. The molecule has 2 rings (SSSR count). The average Bonchev–Trinajstić information content (AvgIpc) is 2.70. The van der Waals surface area contributed by atoms with E-state index in [0.717, 1.165) is 5.56 Å². The molecule has 0 unspecified atom stereocenters. The number of amides is 1. The molecule has 0 fully saturated rings. The number of hydrogen-bond donors (Lipinski definition) is 1. The summed E-state index contributed by atoms with van der Waals surface area (Å²) in [5, 5.41) is 2.70. The third-order valence-electron chi connectivity index (χ3n) is 4.33. The second-order valence-electron chi connectivity index (χ2n) is 7.62. The maximum Gasteiger partial charge on any atom is 0.309 e. The Morgan fingerprint density at radius 3 is 2.34 bits per heavy atom. The second kappa shape index (κ2) is 10.5. The van der Waals surface area contributed by atoms with E-state index in [9.17, 15) is 9.59 Å². The summed E-state index contributed by atoms with van der Waals surface area (Å²) >= 11 is 0. The van der Waals surface area contributed by atoms with E-state index in [4.69, 9.17) is 14.2 Å². The lowest BCUT2D eigenvalue weighted by Crippen LogP contribution is -2.28. The highest BCUT2D eigenvalue weighted by Crippen LogP contribution is 2.24. The van der Waals surface area contributed by atoms with Gasteiger partial charge >= 0.3 is 5.97 Å². The van der Waals surface area contributed by atoms with Gasteiger partial charge in [-0.25, -0.2) is 0 Å². The molecule has 2 aromatic carbocycles. The molecule has 1 amide bonds. The van der Waals surface area contributed by atoms with E-state index in [0.29, 0.717) is 18.0 Å². The predicted octanol–water partition coefficient (Wildman–Crippen LogP) is 3.62. The zero-order chi connectivity index (χ0) is 21.3.